The van der Waals surface area contributed by atoms with Gasteiger partial charge in [0.2, 0.25) is 11.6 Å². The Morgan fingerprint density at radius 2 is 2.08 bits per heavy atom. The van der Waals surface area contributed by atoms with E-state index in [9.17, 15) is 14.9 Å². The minimum absolute atomic E-state index is 0.0888. The van der Waals surface area contributed by atoms with Crippen LogP contribution in [0.25, 0.3) is 0 Å². The summed E-state index contributed by atoms with van der Waals surface area (Å²) >= 11 is 11.7. The first kappa shape index (κ1) is 19.5. The van der Waals surface area contributed by atoms with Gasteiger partial charge in [0.05, 0.1) is 9.95 Å². The van der Waals surface area contributed by atoms with E-state index in [0.29, 0.717) is 5.02 Å². The molecular weight excluding hydrogens is 387 g/mol. The molecule has 0 saturated carbocycles. The van der Waals surface area contributed by atoms with E-state index in [1.54, 1.807) is 20.2 Å². The maximum atomic E-state index is 11.9. The van der Waals surface area contributed by atoms with Crippen molar-refractivity contribution >= 4 is 46.4 Å². The van der Waals surface area contributed by atoms with Gasteiger partial charge in [-0.3, -0.25) is 25.8 Å². The second kappa shape index (κ2) is 8.50. The normalized spacial score (nSPS) is 10.2. The van der Waals surface area contributed by atoms with E-state index >= 15 is 0 Å². The van der Waals surface area contributed by atoms with Crippen molar-refractivity contribution in [3.8, 4) is 5.75 Å². The smallest absolute Gasteiger partial charge is 0.355 e. The summed E-state index contributed by atoms with van der Waals surface area (Å²) in [7, 11) is 3.20. The molecule has 0 atom stereocenters. The van der Waals surface area contributed by atoms with Gasteiger partial charge in [0.1, 0.15) is 12.1 Å². The Morgan fingerprint density at radius 1 is 1.35 bits per heavy atom. The quantitative estimate of drug-likeness (QED) is 0.535. The van der Waals surface area contributed by atoms with Crippen molar-refractivity contribution in [2.75, 3.05) is 31.0 Å². The third-order valence-electron chi connectivity index (χ3n) is 2.98. The van der Waals surface area contributed by atoms with Crippen molar-refractivity contribution in [1.82, 2.24) is 15.4 Å². The minimum atomic E-state index is -0.645. The number of nitrogens with one attached hydrogen (secondary N) is 2. The summed E-state index contributed by atoms with van der Waals surface area (Å²) < 4.78 is 5.26. The molecule has 0 aliphatic heterocycles. The van der Waals surface area contributed by atoms with Crippen LogP contribution in [0.3, 0.4) is 0 Å². The topological polar surface area (TPSA) is 123 Å². The number of anilines is 2. The summed E-state index contributed by atoms with van der Waals surface area (Å²) in [4.78, 5) is 31.6. The molecule has 2 aromatic rings. The summed E-state index contributed by atoms with van der Waals surface area (Å²) in [5.74, 6) is -0.401. The average molecular weight is 401 g/mol. The summed E-state index contributed by atoms with van der Waals surface area (Å²) in [6.45, 7) is -0.381. The zero-order valence-corrected chi connectivity index (χ0v) is 15.2. The molecule has 0 bridgehead atoms. The third kappa shape index (κ3) is 4.83. The van der Waals surface area contributed by atoms with E-state index in [-0.39, 0.29) is 34.7 Å². The van der Waals surface area contributed by atoms with Crippen molar-refractivity contribution < 1.29 is 14.5 Å². The number of amides is 1. The van der Waals surface area contributed by atoms with E-state index in [4.69, 9.17) is 27.9 Å². The summed E-state index contributed by atoms with van der Waals surface area (Å²) in [5, 5.41) is 11.9. The van der Waals surface area contributed by atoms with Gasteiger partial charge < -0.3 is 9.64 Å². The second-order valence-corrected chi connectivity index (χ2v) is 5.93. The molecule has 1 aromatic carbocycles. The number of benzene rings is 1. The molecule has 12 heteroatoms. The fourth-order valence-electron chi connectivity index (χ4n) is 1.86. The van der Waals surface area contributed by atoms with E-state index in [2.05, 4.69) is 20.8 Å². The van der Waals surface area contributed by atoms with Gasteiger partial charge >= 0.3 is 5.69 Å². The molecule has 1 amide bonds. The lowest BCUT2D eigenvalue weighted by atomic mass is 10.3. The highest BCUT2D eigenvalue weighted by Crippen LogP contribution is 2.30. The van der Waals surface area contributed by atoms with E-state index in [1.165, 1.54) is 17.0 Å². The SMILES string of the molecule is CN(C)c1ncnc(NNC(=O)COc2ccc(Cl)cc2Cl)c1[N+](=O)[O-]. The average Bonchev–Trinajstić information content (AvgIpc) is 2.58. The molecule has 0 aliphatic rings. The Kier molecular flexibility index (Phi) is 6.36. The Hall–Kier alpha value is -2.85. The molecule has 0 fully saturated rings. The van der Waals surface area contributed by atoms with Crippen LogP contribution in [0.4, 0.5) is 17.3 Å². The molecule has 0 radical (unpaired) electrons. The van der Waals surface area contributed by atoms with Crippen LogP contribution in [-0.2, 0) is 4.79 Å². The zero-order chi connectivity index (χ0) is 19.3. The number of aromatic nitrogens is 2. The number of hydrogen-bond acceptors (Lipinski definition) is 8. The number of rotatable bonds is 7. The van der Waals surface area contributed by atoms with Gasteiger partial charge in [0.25, 0.3) is 5.91 Å². The molecule has 138 valence electrons. The Bertz CT molecular complexity index is 833. The largest absolute Gasteiger partial charge is 0.482 e. The summed E-state index contributed by atoms with van der Waals surface area (Å²) in [6, 6.07) is 4.55. The van der Waals surface area contributed by atoms with Crippen molar-refractivity contribution in [1.29, 1.82) is 0 Å². The number of nitrogens with zero attached hydrogens (tertiary/aromatic N) is 4. The standard InChI is InChI=1S/C14H14Cl2N6O4/c1-21(2)14-12(22(24)25)13(17-7-18-14)20-19-11(23)6-26-10-4-3-8(15)5-9(10)16/h3-5,7H,6H2,1-2H3,(H,19,23)(H,17,18,20). The lowest BCUT2D eigenvalue weighted by Gasteiger charge is -2.14. The first-order valence-electron chi connectivity index (χ1n) is 7.09. The summed E-state index contributed by atoms with van der Waals surface area (Å²) in [5.41, 5.74) is 4.29. The molecule has 10 nitrogen and oxygen atoms in total. The Morgan fingerprint density at radius 3 is 2.69 bits per heavy atom. The predicted molar refractivity (Wildman–Crippen MR) is 96.7 cm³/mol. The molecule has 2 rings (SSSR count). The third-order valence-corrected chi connectivity index (χ3v) is 3.51. The van der Waals surface area contributed by atoms with Crippen LogP contribution in [0.15, 0.2) is 24.5 Å². The van der Waals surface area contributed by atoms with Gasteiger partial charge in [-0.1, -0.05) is 23.2 Å². The molecule has 0 spiro atoms. The fraction of sp³-hybridized carbons (Fsp3) is 0.214. The zero-order valence-electron chi connectivity index (χ0n) is 13.7. The number of carbonyl (C=O) groups excluding carboxylic acids is 1. The molecule has 0 unspecified atom stereocenters. The number of halogens is 2. The lowest BCUT2D eigenvalue weighted by Crippen LogP contribution is -2.34. The number of carbonyl (C=O) groups is 1. The van der Waals surface area contributed by atoms with Gasteiger partial charge in [-0.25, -0.2) is 9.97 Å². The van der Waals surface area contributed by atoms with Gasteiger partial charge in [0.15, 0.2) is 6.61 Å². The first-order valence-corrected chi connectivity index (χ1v) is 7.84. The monoisotopic (exact) mass is 400 g/mol. The maximum Gasteiger partial charge on any atom is 0.355 e. The molecule has 26 heavy (non-hydrogen) atoms. The van der Waals surface area contributed by atoms with Crippen LogP contribution in [0.2, 0.25) is 10.0 Å². The van der Waals surface area contributed by atoms with Gasteiger partial charge in [-0.15, -0.1) is 0 Å². The fourth-order valence-corrected chi connectivity index (χ4v) is 2.32. The molecule has 2 N–H and O–H groups in total. The van der Waals surface area contributed by atoms with Gasteiger partial charge in [-0.2, -0.15) is 0 Å². The molecule has 1 heterocycles. The number of hydrazine groups is 1. The van der Waals surface area contributed by atoms with Crippen molar-refractivity contribution in [3.63, 3.8) is 0 Å². The van der Waals surface area contributed by atoms with Crippen LogP contribution >= 0.6 is 23.2 Å². The molecule has 0 saturated heterocycles. The highest BCUT2D eigenvalue weighted by atomic mass is 35.5. The minimum Gasteiger partial charge on any atom is -0.482 e. The predicted octanol–water partition coefficient (Wildman–Crippen LogP) is 2.28. The highest BCUT2D eigenvalue weighted by Gasteiger charge is 2.24. The number of ether oxygens (including phenoxy) is 1. The van der Waals surface area contributed by atoms with Crippen molar-refractivity contribution in [2.45, 2.75) is 0 Å². The lowest BCUT2D eigenvalue weighted by molar-refractivity contribution is -0.383. The van der Waals surface area contributed by atoms with Gasteiger partial charge in [-0.05, 0) is 18.2 Å². The van der Waals surface area contributed by atoms with Crippen molar-refractivity contribution in [3.05, 3.63) is 44.7 Å². The highest BCUT2D eigenvalue weighted by molar-refractivity contribution is 6.35. The van der Waals surface area contributed by atoms with E-state index in [1.807, 2.05) is 0 Å². The van der Waals surface area contributed by atoms with E-state index < -0.39 is 10.8 Å². The maximum absolute atomic E-state index is 11.9. The van der Waals surface area contributed by atoms with Crippen LogP contribution in [0.1, 0.15) is 0 Å². The van der Waals surface area contributed by atoms with Crippen LogP contribution in [0, 0.1) is 10.1 Å². The molecular formula is C14H14Cl2N6O4. The summed E-state index contributed by atoms with van der Waals surface area (Å²) in [6.07, 6.45) is 1.14. The first-order chi connectivity index (χ1) is 12.3. The van der Waals surface area contributed by atoms with Crippen LogP contribution in [0.5, 0.6) is 5.75 Å². The molecule has 1 aromatic heterocycles. The second-order valence-electron chi connectivity index (χ2n) is 5.08. The van der Waals surface area contributed by atoms with E-state index in [0.717, 1.165) is 6.33 Å². The Balaban J connectivity index is 2.01. The van der Waals surface area contributed by atoms with Crippen LogP contribution in [-0.4, -0.2) is 41.5 Å². The van der Waals surface area contributed by atoms with Crippen molar-refractivity contribution in [2.24, 2.45) is 0 Å². The van der Waals surface area contributed by atoms with Crippen LogP contribution < -0.4 is 20.5 Å². The number of nitro groups is 1. The number of hydrogen-bond donors (Lipinski definition) is 2. The Labute approximate surface area is 158 Å². The van der Waals surface area contributed by atoms with Gasteiger partial charge in [0, 0.05) is 19.1 Å². The molecule has 0 aliphatic carbocycles.